The third kappa shape index (κ3) is 3.71. The molecule has 2 N–H and O–H groups in total. The van der Waals surface area contributed by atoms with Crippen molar-refractivity contribution < 1.29 is 18.3 Å². The van der Waals surface area contributed by atoms with Gasteiger partial charge in [-0.1, -0.05) is 12.1 Å². The molecule has 0 heterocycles. The van der Waals surface area contributed by atoms with Gasteiger partial charge in [-0.3, -0.25) is 0 Å². The lowest BCUT2D eigenvalue weighted by molar-refractivity contribution is -0.137. The van der Waals surface area contributed by atoms with Gasteiger partial charge in [-0.2, -0.15) is 13.2 Å². The van der Waals surface area contributed by atoms with Crippen LogP contribution in [0.15, 0.2) is 24.3 Å². The van der Waals surface area contributed by atoms with Crippen molar-refractivity contribution >= 4 is 0 Å². The van der Waals surface area contributed by atoms with Crippen molar-refractivity contribution in [2.75, 3.05) is 6.54 Å². The number of benzene rings is 1. The molecule has 1 aliphatic carbocycles. The summed E-state index contributed by atoms with van der Waals surface area (Å²) < 4.78 is 37.0. The molecule has 0 aliphatic heterocycles. The van der Waals surface area contributed by atoms with Crippen LogP contribution in [0.25, 0.3) is 0 Å². The maximum absolute atomic E-state index is 12.3. The average molecular weight is 259 g/mol. The minimum absolute atomic E-state index is 0.334. The summed E-state index contributed by atoms with van der Waals surface area (Å²) >= 11 is 0. The quantitative estimate of drug-likeness (QED) is 0.851. The molecule has 1 aromatic carbocycles. The van der Waals surface area contributed by atoms with Crippen LogP contribution in [0.1, 0.15) is 24.0 Å². The predicted octanol–water partition coefficient (Wildman–Crippen LogP) is 2.57. The lowest BCUT2D eigenvalue weighted by Crippen LogP contribution is -2.27. The molecule has 0 amide bonds. The molecule has 1 saturated carbocycles. The van der Waals surface area contributed by atoms with Crippen molar-refractivity contribution in [2.45, 2.75) is 31.7 Å². The zero-order chi connectivity index (χ0) is 13.2. The highest BCUT2D eigenvalue weighted by Crippen LogP contribution is 2.32. The fourth-order valence-electron chi connectivity index (χ4n) is 1.82. The molecule has 1 atom stereocenters. The van der Waals surface area contributed by atoms with E-state index in [9.17, 15) is 18.3 Å². The molecule has 0 saturated heterocycles. The van der Waals surface area contributed by atoms with E-state index in [1.54, 1.807) is 0 Å². The number of rotatable bonds is 5. The number of aliphatic hydroxyl groups excluding tert-OH is 1. The number of alkyl halides is 3. The molecular weight excluding hydrogens is 243 g/mol. The Morgan fingerprint density at radius 2 is 1.83 bits per heavy atom. The van der Waals surface area contributed by atoms with Crippen molar-refractivity contribution in [3.8, 4) is 0 Å². The molecule has 1 aromatic rings. The monoisotopic (exact) mass is 259 g/mol. The number of halogens is 3. The Balaban J connectivity index is 1.79. The van der Waals surface area contributed by atoms with Crippen LogP contribution in [0, 0.1) is 5.92 Å². The topological polar surface area (TPSA) is 32.3 Å². The Morgan fingerprint density at radius 3 is 2.33 bits per heavy atom. The molecule has 0 radical (unpaired) electrons. The van der Waals surface area contributed by atoms with Crippen LogP contribution < -0.4 is 5.32 Å². The molecule has 1 aliphatic rings. The van der Waals surface area contributed by atoms with Gasteiger partial charge >= 0.3 is 6.18 Å². The van der Waals surface area contributed by atoms with E-state index in [1.807, 2.05) is 0 Å². The van der Waals surface area contributed by atoms with Gasteiger partial charge in [0, 0.05) is 13.1 Å². The van der Waals surface area contributed by atoms with E-state index in [0.29, 0.717) is 19.0 Å². The van der Waals surface area contributed by atoms with Crippen molar-refractivity contribution in [3.05, 3.63) is 35.4 Å². The van der Waals surface area contributed by atoms with Gasteiger partial charge in [-0.05, 0) is 36.5 Å². The van der Waals surface area contributed by atoms with Crippen LogP contribution >= 0.6 is 0 Å². The van der Waals surface area contributed by atoms with Crippen molar-refractivity contribution in [3.63, 3.8) is 0 Å². The Morgan fingerprint density at radius 1 is 1.22 bits per heavy atom. The van der Waals surface area contributed by atoms with Gasteiger partial charge in [0.1, 0.15) is 0 Å². The smallest absolute Gasteiger partial charge is 0.392 e. The molecule has 100 valence electrons. The third-order valence-electron chi connectivity index (χ3n) is 3.13. The second-order valence-corrected chi connectivity index (χ2v) is 4.73. The summed E-state index contributed by atoms with van der Waals surface area (Å²) in [6.07, 6.45) is -2.47. The van der Waals surface area contributed by atoms with Gasteiger partial charge in [0.05, 0.1) is 11.7 Å². The first-order chi connectivity index (χ1) is 8.47. The standard InChI is InChI=1S/C13H16F3NO/c14-13(15,16)11-5-1-9(2-6-11)7-17-8-12(18)10-3-4-10/h1-2,5-6,10,12,17-18H,3-4,7-8H2. The van der Waals surface area contributed by atoms with Crippen LogP contribution in [-0.2, 0) is 12.7 Å². The Kier molecular flexibility index (Phi) is 3.92. The van der Waals surface area contributed by atoms with Gasteiger partial charge in [0.2, 0.25) is 0 Å². The predicted molar refractivity (Wildman–Crippen MR) is 61.9 cm³/mol. The van der Waals surface area contributed by atoms with Gasteiger partial charge < -0.3 is 10.4 Å². The molecule has 2 nitrogen and oxygen atoms in total. The van der Waals surface area contributed by atoms with Gasteiger partial charge in [-0.15, -0.1) is 0 Å². The summed E-state index contributed by atoms with van der Waals surface area (Å²) in [7, 11) is 0. The molecule has 0 spiro atoms. The zero-order valence-corrected chi connectivity index (χ0v) is 9.87. The number of aliphatic hydroxyl groups is 1. The molecule has 1 fully saturated rings. The maximum atomic E-state index is 12.3. The molecule has 18 heavy (non-hydrogen) atoms. The molecule has 2 rings (SSSR count). The van der Waals surface area contributed by atoms with Crippen LogP contribution in [0.2, 0.25) is 0 Å². The summed E-state index contributed by atoms with van der Waals surface area (Å²) in [6.45, 7) is 0.966. The van der Waals surface area contributed by atoms with E-state index in [2.05, 4.69) is 5.32 Å². The molecule has 0 aromatic heterocycles. The van der Waals surface area contributed by atoms with E-state index in [4.69, 9.17) is 0 Å². The minimum atomic E-state index is -4.28. The zero-order valence-electron chi connectivity index (χ0n) is 9.87. The van der Waals surface area contributed by atoms with E-state index < -0.39 is 11.7 Å². The normalized spacial score (nSPS) is 17.8. The van der Waals surface area contributed by atoms with Crippen LogP contribution in [0.4, 0.5) is 13.2 Å². The Hall–Kier alpha value is -1.07. The first-order valence-corrected chi connectivity index (χ1v) is 6.02. The van der Waals surface area contributed by atoms with Gasteiger partial charge in [-0.25, -0.2) is 0 Å². The minimum Gasteiger partial charge on any atom is -0.392 e. The van der Waals surface area contributed by atoms with Gasteiger partial charge in [0.25, 0.3) is 0 Å². The first kappa shape index (κ1) is 13.4. The highest BCUT2D eigenvalue weighted by atomic mass is 19.4. The van der Waals surface area contributed by atoms with Crippen molar-refractivity contribution in [1.82, 2.24) is 5.32 Å². The summed E-state index contributed by atoms with van der Waals surface area (Å²) in [4.78, 5) is 0. The summed E-state index contributed by atoms with van der Waals surface area (Å²) in [6, 6.07) is 5.07. The van der Waals surface area contributed by atoms with Crippen molar-refractivity contribution in [2.24, 2.45) is 5.92 Å². The molecular formula is C13H16F3NO. The highest BCUT2D eigenvalue weighted by Gasteiger charge is 2.30. The van der Waals surface area contributed by atoms with Crippen molar-refractivity contribution in [1.29, 1.82) is 0 Å². The van der Waals surface area contributed by atoms with Crippen LogP contribution in [0.5, 0.6) is 0 Å². The number of nitrogens with one attached hydrogen (secondary N) is 1. The number of hydrogen-bond acceptors (Lipinski definition) is 2. The fraction of sp³-hybridized carbons (Fsp3) is 0.538. The average Bonchev–Trinajstić information content (AvgIpc) is 3.12. The molecule has 1 unspecified atom stereocenters. The molecule has 0 bridgehead atoms. The Labute approximate surface area is 104 Å². The second kappa shape index (κ2) is 5.28. The number of hydrogen-bond donors (Lipinski definition) is 2. The summed E-state index contributed by atoms with van der Waals surface area (Å²) in [5.41, 5.74) is 0.148. The van der Waals surface area contributed by atoms with E-state index in [1.165, 1.54) is 12.1 Å². The second-order valence-electron chi connectivity index (χ2n) is 4.73. The first-order valence-electron chi connectivity index (χ1n) is 6.02. The fourth-order valence-corrected chi connectivity index (χ4v) is 1.82. The van der Waals surface area contributed by atoms with Crippen LogP contribution in [0.3, 0.4) is 0 Å². The van der Waals surface area contributed by atoms with E-state index in [0.717, 1.165) is 30.5 Å². The van der Waals surface area contributed by atoms with E-state index >= 15 is 0 Å². The summed E-state index contributed by atoms with van der Waals surface area (Å²) in [5.74, 6) is 0.408. The lowest BCUT2D eigenvalue weighted by atomic mass is 10.1. The SMILES string of the molecule is OC(CNCc1ccc(C(F)(F)F)cc1)C1CC1. The third-order valence-corrected chi connectivity index (χ3v) is 3.13. The van der Waals surface area contributed by atoms with E-state index in [-0.39, 0.29) is 6.10 Å². The summed E-state index contributed by atoms with van der Waals surface area (Å²) in [5, 5.41) is 12.7. The highest BCUT2D eigenvalue weighted by molar-refractivity contribution is 5.24. The van der Waals surface area contributed by atoms with Gasteiger partial charge in [0.15, 0.2) is 0 Å². The largest absolute Gasteiger partial charge is 0.416 e. The lowest BCUT2D eigenvalue weighted by Gasteiger charge is -2.11. The molecule has 5 heteroatoms. The maximum Gasteiger partial charge on any atom is 0.416 e. The van der Waals surface area contributed by atoms with Crippen LogP contribution in [-0.4, -0.2) is 17.8 Å². The Bertz CT molecular complexity index is 384.